The molecule has 0 saturated heterocycles. The highest BCUT2D eigenvalue weighted by Gasteiger charge is 2.07. The zero-order chi connectivity index (χ0) is 19.1. The van der Waals surface area contributed by atoms with Crippen molar-refractivity contribution < 1.29 is 14.3 Å². The zero-order valence-electron chi connectivity index (χ0n) is 15.8. The van der Waals surface area contributed by atoms with Gasteiger partial charge in [-0.05, 0) is 61.2 Å². The maximum atomic E-state index is 12.1. The summed E-state index contributed by atoms with van der Waals surface area (Å²) in [5.41, 5.74) is 4.02. The third kappa shape index (κ3) is 5.92. The number of carbonyl (C=O) groups is 2. The predicted molar refractivity (Wildman–Crippen MR) is 103 cm³/mol. The van der Waals surface area contributed by atoms with Crippen LogP contribution in [0.25, 0.3) is 0 Å². The molecule has 0 bridgehead atoms. The quantitative estimate of drug-likeness (QED) is 0.830. The minimum absolute atomic E-state index is 0.0498. The van der Waals surface area contributed by atoms with Gasteiger partial charge in [-0.2, -0.15) is 0 Å². The van der Waals surface area contributed by atoms with Crippen LogP contribution in [0.2, 0.25) is 0 Å². The molecule has 0 saturated carbocycles. The SMILES string of the molecule is Cc1ccc(OCC(=O)Nc2cccc(CCC(=O)N(C)C)c2)cc1C. The maximum Gasteiger partial charge on any atom is 0.262 e. The van der Waals surface area contributed by atoms with Crippen LogP contribution in [0.3, 0.4) is 0 Å². The van der Waals surface area contributed by atoms with E-state index in [9.17, 15) is 9.59 Å². The Bertz CT molecular complexity index is 785. The van der Waals surface area contributed by atoms with Crippen LogP contribution in [0.1, 0.15) is 23.1 Å². The normalized spacial score (nSPS) is 10.3. The van der Waals surface area contributed by atoms with Gasteiger partial charge in [-0.1, -0.05) is 18.2 Å². The van der Waals surface area contributed by atoms with Gasteiger partial charge in [-0.15, -0.1) is 0 Å². The lowest BCUT2D eigenvalue weighted by Crippen LogP contribution is -2.22. The topological polar surface area (TPSA) is 58.6 Å². The molecule has 0 radical (unpaired) electrons. The number of carbonyl (C=O) groups excluding carboxylic acids is 2. The first kappa shape index (κ1) is 19.5. The molecule has 0 aliphatic heterocycles. The van der Waals surface area contributed by atoms with Crippen molar-refractivity contribution in [1.82, 2.24) is 4.90 Å². The Hall–Kier alpha value is -2.82. The average Bonchev–Trinajstić information content (AvgIpc) is 2.61. The van der Waals surface area contributed by atoms with E-state index >= 15 is 0 Å². The van der Waals surface area contributed by atoms with Crippen molar-refractivity contribution in [2.75, 3.05) is 26.0 Å². The number of ether oxygens (including phenoxy) is 1. The summed E-state index contributed by atoms with van der Waals surface area (Å²) in [6.07, 6.45) is 1.08. The zero-order valence-corrected chi connectivity index (χ0v) is 15.8. The van der Waals surface area contributed by atoms with Crippen LogP contribution in [0, 0.1) is 13.8 Å². The Morgan fingerprint density at radius 3 is 2.50 bits per heavy atom. The summed E-state index contributed by atoms with van der Waals surface area (Å²) in [6.45, 7) is 3.99. The molecular formula is C21H26N2O3. The van der Waals surface area contributed by atoms with Crippen molar-refractivity contribution in [3.05, 3.63) is 59.2 Å². The summed E-state index contributed by atoms with van der Waals surface area (Å²) in [6, 6.07) is 13.3. The molecule has 0 fully saturated rings. The van der Waals surface area contributed by atoms with Gasteiger partial charge in [0.15, 0.2) is 6.61 Å². The van der Waals surface area contributed by atoms with Gasteiger partial charge in [0.1, 0.15) is 5.75 Å². The Kier molecular flexibility index (Phi) is 6.78. The Morgan fingerprint density at radius 2 is 1.81 bits per heavy atom. The third-order valence-electron chi connectivity index (χ3n) is 4.19. The number of hydrogen-bond acceptors (Lipinski definition) is 3. The van der Waals surface area contributed by atoms with E-state index in [1.165, 1.54) is 5.56 Å². The fraction of sp³-hybridized carbons (Fsp3) is 0.333. The average molecular weight is 354 g/mol. The third-order valence-corrected chi connectivity index (χ3v) is 4.19. The second-order valence-corrected chi connectivity index (χ2v) is 6.57. The smallest absolute Gasteiger partial charge is 0.262 e. The van der Waals surface area contributed by atoms with E-state index in [2.05, 4.69) is 5.32 Å². The Morgan fingerprint density at radius 1 is 1.04 bits per heavy atom. The summed E-state index contributed by atoms with van der Waals surface area (Å²) in [5.74, 6) is 0.546. The highest BCUT2D eigenvalue weighted by molar-refractivity contribution is 5.92. The minimum atomic E-state index is -0.218. The summed E-state index contributed by atoms with van der Waals surface area (Å²) in [7, 11) is 3.49. The molecule has 2 aromatic carbocycles. The molecule has 5 nitrogen and oxygen atoms in total. The van der Waals surface area contributed by atoms with Crippen LogP contribution in [0.4, 0.5) is 5.69 Å². The van der Waals surface area contributed by atoms with Crippen LogP contribution in [-0.4, -0.2) is 37.4 Å². The number of aryl methyl sites for hydroxylation is 3. The van der Waals surface area contributed by atoms with Crippen LogP contribution in [0.15, 0.2) is 42.5 Å². The van der Waals surface area contributed by atoms with Crippen LogP contribution in [0.5, 0.6) is 5.75 Å². The van der Waals surface area contributed by atoms with Crippen molar-refractivity contribution in [1.29, 1.82) is 0 Å². The van der Waals surface area contributed by atoms with E-state index in [0.29, 0.717) is 24.3 Å². The van der Waals surface area contributed by atoms with E-state index in [1.54, 1.807) is 19.0 Å². The van der Waals surface area contributed by atoms with E-state index in [0.717, 1.165) is 11.1 Å². The molecule has 0 aromatic heterocycles. The van der Waals surface area contributed by atoms with Gasteiger partial charge < -0.3 is 15.0 Å². The van der Waals surface area contributed by atoms with Gasteiger partial charge in [0.05, 0.1) is 0 Å². The number of anilines is 1. The molecule has 2 amide bonds. The van der Waals surface area contributed by atoms with Crippen molar-refractivity contribution in [3.63, 3.8) is 0 Å². The monoisotopic (exact) mass is 354 g/mol. The van der Waals surface area contributed by atoms with E-state index in [1.807, 2.05) is 56.3 Å². The van der Waals surface area contributed by atoms with Gasteiger partial charge in [-0.3, -0.25) is 9.59 Å². The molecule has 2 rings (SSSR count). The second kappa shape index (κ2) is 9.04. The first-order valence-electron chi connectivity index (χ1n) is 8.64. The van der Waals surface area contributed by atoms with Gasteiger partial charge in [0, 0.05) is 26.2 Å². The van der Waals surface area contributed by atoms with Crippen LogP contribution < -0.4 is 10.1 Å². The molecule has 1 N–H and O–H groups in total. The molecule has 0 spiro atoms. The van der Waals surface area contributed by atoms with Crippen LogP contribution in [-0.2, 0) is 16.0 Å². The first-order chi connectivity index (χ1) is 12.3. The molecule has 0 unspecified atom stereocenters. The molecule has 0 heterocycles. The molecular weight excluding hydrogens is 328 g/mol. The standard InChI is InChI=1S/C21H26N2O3/c1-15-8-10-19(12-16(15)2)26-14-20(24)22-18-7-5-6-17(13-18)9-11-21(25)23(3)4/h5-8,10,12-13H,9,11,14H2,1-4H3,(H,22,24). The maximum absolute atomic E-state index is 12.1. The number of hydrogen-bond donors (Lipinski definition) is 1. The second-order valence-electron chi connectivity index (χ2n) is 6.57. The van der Waals surface area contributed by atoms with Gasteiger partial charge in [-0.25, -0.2) is 0 Å². The Balaban J connectivity index is 1.87. The van der Waals surface area contributed by atoms with Crippen molar-refractivity contribution >= 4 is 17.5 Å². The number of rotatable bonds is 7. The fourth-order valence-electron chi connectivity index (χ4n) is 2.43. The summed E-state index contributed by atoms with van der Waals surface area (Å²) in [4.78, 5) is 25.4. The fourth-order valence-corrected chi connectivity index (χ4v) is 2.43. The van der Waals surface area contributed by atoms with E-state index < -0.39 is 0 Å². The van der Waals surface area contributed by atoms with E-state index in [-0.39, 0.29) is 18.4 Å². The van der Waals surface area contributed by atoms with Crippen LogP contribution >= 0.6 is 0 Å². The summed E-state index contributed by atoms with van der Waals surface area (Å²) >= 11 is 0. The van der Waals surface area contributed by atoms with Crippen molar-refractivity contribution in [3.8, 4) is 5.75 Å². The molecule has 138 valence electrons. The van der Waals surface area contributed by atoms with Gasteiger partial charge >= 0.3 is 0 Å². The molecule has 26 heavy (non-hydrogen) atoms. The lowest BCUT2D eigenvalue weighted by atomic mass is 10.1. The van der Waals surface area contributed by atoms with Crippen molar-refractivity contribution in [2.45, 2.75) is 26.7 Å². The number of nitrogens with one attached hydrogen (secondary N) is 1. The van der Waals surface area contributed by atoms with Gasteiger partial charge in [0.25, 0.3) is 5.91 Å². The number of nitrogens with zero attached hydrogens (tertiary/aromatic N) is 1. The van der Waals surface area contributed by atoms with Gasteiger partial charge in [0.2, 0.25) is 5.91 Å². The highest BCUT2D eigenvalue weighted by atomic mass is 16.5. The largest absolute Gasteiger partial charge is 0.484 e. The lowest BCUT2D eigenvalue weighted by Gasteiger charge is -2.11. The highest BCUT2D eigenvalue weighted by Crippen LogP contribution is 2.17. The molecule has 5 heteroatoms. The molecule has 0 aliphatic carbocycles. The first-order valence-corrected chi connectivity index (χ1v) is 8.64. The number of benzene rings is 2. The van der Waals surface area contributed by atoms with E-state index in [4.69, 9.17) is 4.74 Å². The Labute approximate surface area is 155 Å². The lowest BCUT2D eigenvalue weighted by molar-refractivity contribution is -0.128. The number of amides is 2. The summed E-state index contributed by atoms with van der Waals surface area (Å²) < 4.78 is 5.55. The van der Waals surface area contributed by atoms with Crippen molar-refractivity contribution in [2.24, 2.45) is 0 Å². The molecule has 2 aromatic rings. The summed E-state index contributed by atoms with van der Waals surface area (Å²) in [5, 5.41) is 2.83. The predicted octanol–water partition coefficient (Wildman–Crippen LogP) is 3.34. The molecule has 0 aliphatic rings. The molecule has 0 atom stereocenters. The minimum Gasteiger partial charge on any atom is -0.484 e.